The Hall–Kier alpha value is -7.19. The molecule has 1 heterocycles. The van der Waals surface area contributed by atoms with Crippen molar-refractivity contribution in [2.24, 2.45) is 0 Å². The van der Waals surface area contributed by atoms with Crippen LogP contribution < -0.4 is 51.0 Å². The molecule has 9 aromatic carbocycles. The zero-order chi connectivity index (χ0) is 42.1. The van der Waals surface area contributed by atoms with Gasteiger partial charge in [-0.3, -0.25) is 0 Å². The Bertz CT molecular complexity index is 2760. The Morgan fingerprint density at radius 1 is 0.339 bits per heavy atom. The third-order valence-corrected chi connectivity index (χ3v) is 22.3. The summed E-state index contributed by atoms with van der Waals surface area (Å²) >= 11 is 0. The van der Waals surface area contributed by atoms with Crippen molar-refractivity contribution >= 4 is 79.4 Å². The molecule has 0 amide bonds. The van der Waals surface area contributed by atoms with Crippen LogP contribution >= 0.6 is 0 Å². The Kier molecular flexibility index (Phi) is 10.3. The van der Waals surface area contributed by atoms with Crippen molar-refractivity contribution < 1.29 is 9.47 Å². The lowest BCUT2D eigenvalue weighted by atomic mass is 10.1. The van der Waals surface area contributed by atoms with Crippen molar-refractivity contribution in [1.82, 2.24) is 4.57 Å². The van der Waals surface area contributed by atoms with E-state index in [1.165, 1.54) is 52.3 Å². The van der Waals surface area contributed by atoms with Crippen LogP contribution in [0.25, 0.3) is 27.5 Å². The predicted octanol–water partition coefficient (Wildman–Crippen LogP) is 7.86. The molecule has 10 rings (SSSR count). The summed E-state index contributed by atoms with van der Waals surface area (Å²) < 4.78 is 14.2. The number of rotatable bonds is 11. The minimum atomic E-state index is -2.86. The molecule has 3 nitrogen and oxygen atoms in total. The number of aryl methyl sites for hydroxylation is 1. The summed E-state index contributed by atoms with van der Waals surface area (Å²) in [5, 5.41) is 13.2. The van der Waals surface area contributed by atoms with E-state index in [0.29, 0.717) is 5.75 Å². The second-order valence-corrected chi connectivity index (χ2v) is 23.6. The molecule has 0 spiro atoms. The highest BCUT2D eigenvalue weighted by molar-refractivity contribution is 7.20. The minimum Gasteiger partial charge on any atom is -0.493 e. The number of hydrogen-bond acceptors (Lipinski definition) is 2. The molecular weight excluding hydrogens is 787 g/mol. The lowest BCUT2D eigenvalue weighted by Crippen LogP contribution is -2.74. The van der Waals surface area contributed by atoms with E-state index in [0.717, 1.165) is 28.0 Å². The first-order valence-corrected chi connectivity index (χ1v) is 25.2. The van der Waals surface area contributed by atoms with E-state index in [1.54, 1.807) is 14.2 Å². The molecule has 300 valence electrons. The summed E-state index contributed by atoms with van der Waals surface area (Å²) in [5.74, 6) is 1.45. The first kappa shape index (κ1) is 39.0. The molecule has 0 saturated carbocycles. The van der Waals surface area contributed by atoms with E-state index in [9.17, 15) is 0 Å². The average molecular weight is 834 g/mol. The molecule has 0 aliphatic rings. The summed E-state index contributed by atoms with van der Waals surface area (Å²) in [6, 6.07) is 86.1. The van der Waals surface area contributed by atoms with Gasteiger partial charge >= 0.3 is 0 Å². The fraction of sp³-hybridized carbons (Fsp3) is 0.0526. The SMILES string of the molecule is COc1cc(-n2c3ccc([Si](c4ccccc4)(c4ccccc4)c4ccccc4)cc3c3cc([Si](c4ccccc4)(c4ccccc4)c4ccccc4)ccc32)cc(C)c1OC. The molecule has 0 unspecified atom stereocenters. The minimum absolute atomic E-state index is 0.707. The van der Waals surface area contributed by atoms with Gasteiger partial charge in [-0.05, 0) is 72.2 Å². The molecule has 0 aliphatic carbocycles. The molecular formula is C57H47NO2Si2. The van der Waals surface area contributed by atoms with Crippen molar-refractivity contribution in [1.29, 1.82) is 0 Å². The number of ether oxygens (including phenoxy) is 2. The van der Waals surface area contributed by atoms with Gasteiger partial charge < -0.3 is 14.0 Å². The van der Waals surface area contributed by atoms with Crippen LogP contribution in [0.15, 0.2) is 231 Å². The van der Waals surface area contributed by atoms with Gasteiger partial charge in [-0.25, -0.2) is 0 Å². The maximum atomic E-state index is 5.97. The second-order valence-electron chi connectivity index (χ2n) is 16.0. The highest BCUT2D eigenvalue weighted by atomic mass is 28.3. The molecule has 0 radical (unpaired) electrons. The van der Waals surface area contributed by atoms with Gasteiger partial charge in [0, 0.05) is 16.8 Å². The van der Waals surface area contributed by atoms with Gasteiger partial charge in [0.1, 0.15) is 0 Å². The molecule has 5 heteroatoms. The summed E-state index contributed by atoms with van der Waals surface area (Å²) in [4.78, 5) is 0. The molecule has 0 atom stereocenters. The Morgan fingerprint density at radius 3 is 0.952 bits per heavy atom. The molecule has 62 heavy (non-hydrogen) atoms. The van der Waals surface area contributed by atoms with Gasteiger partial charge in [-0.2, -0.15) is 0 Å². The molecule has 0 aliphatic heterocycles. The van der Waals surface area contributed by atoms with Crippen LogP contribution in [0.4, 0.5) is 0 Å². The standard InChI is InChI=1S/C57H47NO2Si2/c1-42-38-43(39-56(59-2)57(42)60-3)58-54-36-34-50(61(44-22-10-4-11-23-44,45-24-12-5-13-25-45)46-26-14-6-15-27-46)40-52(54)53-41-51(35-37-55(53)58)62(47-28-16-7-17-29-47,48-30-18-8-19-31-48)49-32-20-9-21-33-49/h4-41H,1-3H3. The van der Waals surface area contributed by atoms with E-state index in [-0.39, 0.29) is 0 Å². The second kappa shape index (κ2) is 16.4. The van der Waals surface area contributed by atoms with E-state index in [1.807, 2.05) is 0 Å². The van der Waals surface area contributed by atoms with Crippen molar-refractivity contribution in [2.45, 2.75) is 6.92 Å². The number of hydrogen-bond donors (Lipinski definition) is 0. The van der Waals surface area contributed by atoms with Gasteiger partial charge in [0.2, 0.25) is 0 Å². The number of fused-ring (bicyclic) bond motifs is 3. The Balaban J connectivity index is 1.36. The summed E-state index contributed by atoms with van der Waals surface area (Å²) in [7, 11) is -2.29. The zero-order valence-corrected chi connectivity index (χ0v) is 37.2. The normalized spacial score (nSPS) is 11.8. The quantitative estimate of drug-likeness (QED) is 0.0980. The van der Waals surface area contributed by atoms with E-state index in [2.05, 4.69) is 242 Å². The largest absolute Gasteiger partial charge is 0.493 e. The van der Waals surface area contributed by atoms with Crippen LogP contribution in [0.2, 0.25) is 0 Å². The van der Waals surface area contributed by atoms with Gasteiger partial charge in [0.15, 0.2) is 27.6 Å². The van der Waals surface area contributed by atoms with Gasteiger partial charge in [0.25, 0.3) is 0 Å². The maximum absolute atomic E-state index is 5.97. The molecule has 1 aromatic heterocycles. The zero-order valence-electron chi connectivity index (χ0n) is 35.2. The summed E-state index contributed by atoms with van der Waals surface area (Å²) in [5.41, 5.74) is 4.31. The lowest BCUT2D eigenvalue weighted by Gasteiger charge is -2.34. The molecule has 0 fully saturated rings. The van der Waals surface area contributed by atoms with E-state index in [4.69, 9.17) is 9.47 Å². The third-order valence-electron chi connectivity index (χ3n) is 12.8. The summed E-state index contributed by atoms with van der Waals surface area (Å²) in [6.45, 7) is 2.09. The number of benzene rings is 9. The van der Waals surface area contributed by atoms with Crippen LogP contribution in [-0.2, 0) is 0 Å². The van der Waals surface area contributed by atoms with Crippen LogP contribution in [0.5, 0.6) is 11.5 Å². The number of nitrogens with zero attached hydrogens (tertiary/aromatic N) is 1. The molecule has 0 N–H and O–H groups in total. The monoisotopic (exact) mass is 833 g/mol. The van der Waals surface area contributed by atoms with Crippen molar-refractivity contribution in [3.8, 4) is 17.2 Å². The van der Waals surface area contributed by atoms with Crippen molar-refractivity contribution in [2.75, 3.05) is 14.2 Å². The highest BCUT2D eigenvalue weighted by Crippen LogP contribution is 2.38. The molecule has 0 bridgehead atoms. The van der Waals surface area contributed by atoms with Crippen LogP contribution in [-0.4, -0.2) is 34.9 Å². The van der Waals surface area contributed by atoms with Gasteiger partial charge in [-0.1, -0.05) is 206 Å². The van der Waals surface area contributed by atoms with Crippen molar-refractivity contribution in [3.05, 3.63) is 236 Å². The fourth-order valence-corrected chi connectivity index (χ4v) is 19.7. The highest BCUT2D eigenvalue weighted by Gasteiger charge is 2.43. The maximum Gasteiger partial charge on any atom is 0.179 e. The van der Waals surface area contributed by atoms with Crippen LogP contribution in [0.3, 0.4) is 0 Å². The molecule has 10 aromatic rings. The van der Waals surface area contributed by atoms with Gasteiger partial charge in [0.05, 0.1) is 30.9 Å². The molecule has 0 saturated heterocycles. The summed E-state index contributed by atoms with van der Waals surface area (Å²) in [6.07, 6.45) is 0. The average Bonchev–Trinajstić information content (AvgIpc) is 3.67. The Morgan fingerprint density at radius 2 is 0.661 bits per heavy atom. The van der Waals surface area contributed by atoms with Crippen LogP contribution in [0, 0.1) is 6.92 Å². The number of methoxy groups -OCH3 is 2. The number of aromatic nitrogens is 1. The third kappa shape index (κ3) is 6.23. The predicted molar refractivity (Wildman–Crippen MR) is 266 cm³/mol. The fourth-order valence-electron chi connectivity index (χ4n) is 10.2. The first-order valence-electron chi connectivity index (χ1n) is 21.2. The lowest BCUT2D eigenvalue weighted by molar-refractivity contribution is 0.353. The topological polar surface area (TPSA) is 23.4 Å². The van der Waals surface area contributed by atoms with Gasteiger partial charge in [-0.15, -0.1) is 0 Å². The van der Waals surface area contributed by atoms with Crippen LogP contribution in [0.1, 0.15) is 5.56 Å². The van der Waals surface area contributed by atoms with E-state index < -0.39 is 16.1 Å². The first-order chi connectivity index (χ1) is 30.6. The smallest absolute Gasteiger partial charge is 0.179 e. The Labute approximate surface area is 366 Å². The van der Waals surface area contributed by atoms with Crippen molar-refractivity contribution in [3.63, 3.8) is 0 Å². The van der Waals surface area contributed by atoms with E-state index >= 15 is 0 Å².